The third kappa shape index (κ3) is 2.51. The van der Waals surface area contributed by atoms with Gasteiger partial charge >= 0.3 is 0 Å². The second kappa shape index (κ2) is 4.98. The Morgan fingerprint density at radius 3 is 2.55 bits per heavy atom. The van der Waals surface area contributed by atoms with Crippen LogP contribution in [0.1, 0.15) is 5.56 Å². The van der Waals surface area contributed by atoms with Crippen LogP contribution in [0.15, 0.2) is 48.5 Å². The zero-order valence-corrected chi connectivity index (χ0v) is 11.9. The molecular formula is C16H15N3S. The molecule has 100 valence electrons. The standard InChI is InChI=1S/C16H15N3S/c1-10-2-7-14-12(8-10)9-15(19-14)11-3-5-13(6-4-11)18-16(17)20/h2-9,19H,1H3,(H3,17,18,20). The van der Waals surface area contributed by atoms with E-state index in [9.17, 15) is 0 Å². The van der Waals surface area contributed by atoms with Crippen molar-refractivity contribution >= 4 is 33.9 Å². The van der Waals surface area contributed by atoms with Crippen LogP contribution in [0, 0.1) is 6.92 Å². The van der Waals surface area contributed by atoms with Gasteiger partial charge in [-0.1, -0.05) is 23.8 Å². The summed E-state index contributed by atoms with van der Waals surface area (Å²) < 4.78 is 0. The lowest BCUT2D eigenvalue weighted by Crippen LogP contribution is -2.18. The van der Waals surface area contributed by atoms with Gasteiger partial charge in [0, 0.05) is 22.3 Å². The largest absolute Gasteiger partial charge is 0.376 e. The lowest BCUT2D eigenvalue weighted by molar-refractivity contribution is 1.44. The van der Waals surface area contributed by atoms with Crippen LogP contribution in [0.3, 0.4) is 0 Å². The Morgan fingerprint density at radius 1 is 1.10 bits per heavy atom. The first kappa shape index (κ1) is 12.7. The van der Waals surface area contributed by atoms with Gasteiger partial charge in [-0.15, -0.1) is 0 Å². The van der Waals surface area contributed by atoms with Crippen LogP contribution < -0.4 is 11.1 Å². The van der Waals surface area contributed by atoms with Crippen molar-refractivity contribution in [3.05, 3.63) is 54.1 Å². The van der Waals surface area contributed by atoms with Gasteiger partial charge in [-0.25, -0.2) is 0 Å². The molecule has 1 aromatic heterocycles. The Balaban J connectivity index is 1.96. The number of nitrogens with two attached hydrogens (primary N) is 1. The van der Waals surface area contributed by atoms with Crippen LogP contribution in [0.25, 0.3) is 22.2 Å². The van der Waals surface area contributed by atoms with Crippen LogP contribution in [0.5, 0.6) is 0 Å². The Bertz CT molecular complexity index is 772. The first-order valence-corrected chi connectivity index (χ1v) is 6.79. The summed E-state index contributed by atoms with van der Waals surface area (Å²) in [6.45, 7) is 2.10. The number of rotatable bonds is 2. The van der Waals surface area contributed by atoms with Crippen molar-refractivity contribution in [2.75, 3.05) is 5.32 Å². The minimum Gasteiger partial charge on any atom is -0.376 e. The van der Waals surface area contributed by atoms with E-state index < -0.39 is 0 Å². The number of benzene rings is 2. The average Bonchev–Trinajstić information content (AvgIpc) is 2.81. The predicted molar refractivity (Wildman–Crippen MR) is 88.9 cm³/mol. The number of anilines is 1. The highest BCUT2D eigenvalue weighted by molar-refractivity contribution is 7.80. The first-order valence-electron chi connectivity index (χ1n) is 6.38. The van der Waals surface area contributed by atoms with Gasteiger partial charge in [0.25, 0.3) is 0 Å². The van der Waals surface area contributed by atoms with Crippen molar-refractivity contribution in [3.63, 3.8) is 0 Å². The van der Waals surface area contributed by atoms with Crippen molar-refractivity contribution in [1.29, 1.82) is 0 Å². The minimum atomic E-state index is 0.277. The maximum Gasteiger partial charge on any atom is 0.168 e. The molecule has 0 amide bonds. The smallest absolute Gasteiger partial charge is 0.168 e. The fraction of sp³-hybridized carbons (Fsp3) is 0.0625. The maximum absolute atomic E-state index is 5.45. The summed E-state index contributed by atoms with van der Waals surface area (Å²) in [7, 11) is 0. The highest BCUT2D eigenvalue weighted by atomic mass is 32.1. The van der Waals surface area contributed by atoms with Gasteiger partial charge in [-0.2, -0.15) is 0 Å². The molecular weight excluding hydrogens is 266 g/mol. The molecule has 0 spiro atoms. The Labute approximate surface area is 122 Å². The van der Waals surface area contributed by atoms with Crippen LogP contribution in [0.2, 0.25) is 0 Å². The monoisotopic (exact) mass is 281 g/mol. The van der Waals surface area contributed by atoms with Crippen LogP contribution in [0.4, 0.5) is 5.69 Å². The van der Waals surface area contributed by atoms with Crippen LogP contribution >= 0.6 is 12.2 Å². The molecule has 3 aromatic rings. The molecule has 0 aliphatic carbocycles. The van der Waals surface area contributed by atoms with E-state index in [2.05, 4.69) is 41.5 Å². The molecule has 3 rings (SSSR count). The first-order chi connectivity index (χ1) is 9.61. The molecule has 0 atom stereocenters. The molecule has 20 heavy (non-hydrogen) atoms. The quantitative estimate of drug-likeness (QED) is 0.626. The molecule has 0 fully saturated rings. The van der Waals surface area contributed by atoms with E-state index in [1.54, 1.807) is 0 Å². The van der Waals surface area contributed by atoms with Crippen molar-refractivity contribution < 1.29 is 0 Å². The van der Waals surface area contributed by atoms with Crippen molar-refractivity contribution in [2.24, 2.45) is 5.73 Å². The Kier molecular flexibility index (Phi) is 3.16. The predicted octanol–water partition coefficient (Wildman–Crippen LogP) is 3.80. The SMILES string of the molecule is Cc1ccc2[nH]c(-c3ccc(NC(N)=S)cc3)cc2c1. The Morgan fingerprint density at radius 2 is 1.85 bits per heavy atom. The van der Waals surface area contributed by atoms with Gasteiger partial charge < -0.3 is 16.0 Å². The highest BCUT2D eigenvalue weighted by Gasteiger charge is 2.03. The van der Waals surface area contributed by atoms with Gasteiger partial charge in [-0.3, -0.25) is 0 Å². The van der Waals surface area contributed by atoms with Gasteiger partial charge in [0.2, 0.25) is 0 Å². The summed E-state index contributed by atoms with van der Waals surface area (Å²) >= 11 is 4.82. The third-order valence-corrected chi connectivity index (χ3v) is 3.34. The van der Waals surface area contributed by atoms with Crippen molar-refractivity contribution in [2.45, 2.75) is 6.92 Å². The van der Waals surface area contributed by atoms with E-state index in [0.29, 0.717) is 0 Å². The summed E-state index contributed by atoms with van der Waals surface area (Å²) in [5.41, 5.74) is 11.0. The van der Waals surface area contributed by atoms with E-state index in [1.165, 1.54) is 10.9 Å². The number of aryl methyl sites for hydroxylation is 1. The summed E-state index contributed by atoms with van der Waals surface area (Å²) in [5.74, 6) is 0. The molecule has 0 aliphatic heterocycles. The lowest BCUT2D eigenvalue weighted by Gasteiger charge is -2.04. The van der Waals surface area contributed by atoms with Crippen molar-refractivity contribution in [3.8, 4) is 11.3 Å². The van der Waals surface area contributed by atoms with Gasteiger partial charge in [0.05, 0.1) is 0 Å². The van der Waals surface area contributed by atoms with Crippen molar-refractivity contribution in [1.82, 2.24) is 4.98 Å². The highest BCUT2D eigenvalue weighted by Crippen LogP contribution is 2.25. The molecule has 4 heteroatoms. The molecule has 2 aromatic carbocycles. The molecule has 0 radical (unpaired) electrons. The number of H-pyrrole nitrogens is 1. The van der Waals surface area contributed by atoms with Crippen LogP contribution in [-0.4, -0.2) is 10.1 Å². The number of hydrogen-bond donors (Lipinski definition) is 3. The van der Waals surface area contributed by atoms with Gasteiger partial charge in [0.1, 0.15) is 0 Å². The van der Waals surface area contributed by atoms with Crippen LogP contribution in [-0.2, 0) is 0 Å². The van der Waals surface area contributed by atoms with E-state index >= 15 is 0 Å². The number of aromatic amines is 1. The second-order valence-electron chi connectivity index (χ2n) is 4.84. The molecule has 4 N–H and O–H groups in total. The summed E-state index contributed by atoms with van der Waals surface area (Å²) in [6, 6.07) is 16.6. The molecule has 0 saturated carbocycles. The number of nitrogens with one attached hydrogen (secondary N) is 2. The summed E-state index contributed by atoms with van der Waals surface area (Å²) in [6.07, 6.45) is 0. The zero-order valence-electron chi connectivity index (χ0n) is 11.1. The van der Waals surface area contributed by atoms with E-state index in [4.69, 9.17) is 18.0 Å². The molecule has 0 aliphatic rings. The molecule has 0 bridgehead atoms. The molecule has 1 heterocycles. The van der Waals surface area contributed by atoms with Gasteiger partial charge in [-0.05, 0) is 55.0 Å². The fourth-order valence-corrected chi connectivity index (χ4v) is 2.40. The number of thiocarbonyl (C=S) groups is 1. The molecule has 3 nitrogen and oxygen atoms in total. The minimum absolute atomic E-state index is 0.277. The summed E-state index contributed by atoms with van der Waals surface area (Å²) in [5, 5.41) is 4.42. The second-order valence-corrected chi connectivity index (χ2v) is 5.28. The maximum atomic E-state index is 5.45. The topological polar surface area (TPSA) is 53.8 Å². The average molecular weight is 281 g/mol. The number of fused-ring (bicyclic) bond motifs is 1. The zero-order chi connectivity index (χ0) is 14.1. The lowest BCUT2D eigenvalue weighted by atomic mass is 10.1. The van der Waals surface area contributed by atoms with Gasteiger partial charge in [0.15, 0.2) is 5.11 Å². The third-order valence-electron chi connectivity index (χ3n) is 3.24. The molecule has 0 saturated heterocycles. The summed E-state index contributed by atoms with van der Waals surface area (Å²) in [4.78, 5) is 3.43. The molecule has 0 unspecified atom stereocenters. The normalized spacial score (nSPS) is 10.7. The van der Waals surface area contributed by atoms with E-state index in [-0.39, 0.29) is 5.11 Å². The fourth-order valence-electron chi connectivity index (χ4n) is 2.28. The number of aromatic nitrogens is 1. The van der Waals surface area contributed by atoms with E-state index in [0.717, 1.165) is 22.5 Å². The van der Waals surface area contributed by atoms with E-state index in [1.807, 2.05) is 24.3 Å². The number of hydrogen-bond acceptors (Lipinski definition) is 1. The Hall–Kier alpha value is -2.33.